The van der Waals surface area contributed by atoms with Gasteiger partial charge in [-0.2, -0.15) is 0 Å². The first kappa shape index (κ1) is 9.34. The molecule has 2 rings (SSSR count). The maximum absolute atomic E-state index is 12.9. The summed E-state index contributed by atoms with van der Waals surface area (Å²) >= 11 is 0. The first-order valence-electron chi connectivity index (χ1n) is 4.76. The highest BCUT2D eigenvalue weighted by atomic mass is 19.1. The average Bonchev–Trinajstić information content (AvgIpc) is 2.18. The van der Waals surface area contributed by atoms with Crippen molar-refractivity contribution in [2.75, 3.05) is 6.54 Å². The lowest BCUT2D eigenvalue weighted by atomic mass is 9.97. The average molecular weight is 193 g/mol. The van der Waals surface area contributed by atoms with E-state index in [0.29, 0.717) is 19.4 Å². The Morgan fingerprint density at radius 3 is 3.00 bits per heavy atom. The van der Waals surface area contributed by atoms with E-state index in [-0.39, 0.29) is 17.6 Å². The van der Waals surface area contributed by atoms with Gasteiger partial charge in [-0.3, -0.25) is 4.79 Å². The highest BCUT2D eigenvalue weighted by Crippen LogP contribution is 2.21. The zero-order valence-electron chi connectivity index (χ0n) is 7.79. The van der Waals surface area contributed by atoms with Gasteiger partial charge < -0.3 is 5.32 Å². The molecule has 1 atom stereocenters. The summed E-state index contributed by atoms with van der Waals surface area (Å²) in [4.78, 5) is 11.2. The molecule has 0 amide bonds. The summed E-state index contributed by atoms with van der Waals surface area (Å²) in [5.74, 6) is 0.000309. The van der Waals surface area contributed by atoms with Crippen LogP contribution in [0.4, 0.5) is 4.39 Å². The number of nitrogens with one attached hydrogen (secondary N) is 1. The van der Waals surface area contributed by atoms with Gasteiger partial charge in [-0.25, -0.2) is 4.39 Å². The predicted molar refractivity (Wildman–Crippen MR) is 51.4 cm³/mol. The Labute approximate surface area is 82.1 Å². The molecule has 2 nitrogen and oxygen atoms in total. The number of carbonyl (C=O) groups excluding carboxylic acids is 1. The summed E-state index contributed by atoms with van der Waals surface area (Å²) in [6.45, 7) is 0.694. The number of piperidine rings is 1. The topological polar surface area (TPSA) is 29.1 Å². The number of halogens is 1. The zero-order chi connectivity index (χ0) is 9.97. The second kappa shape index (κ2) is 3.88. The second-order valence-corrected chi connectivity index (χ2v) is 3.55. The monoisotopic (exact) mass is 193 g/mol. The molecule has 1 aliphatic rings. The predicted octanol–water partition coefficient (Wildman–Crippen LogP) is 1.82. The van der Waals surface area contributed by atoms with Gasteiger partial charge in [0.05, 0.1) is 0 Å². The minimum Gasteiger partial charge on any atom is -0.309 e. The Hall–Kier alpha value is -1.22. The van der Waals surface area contributed by atoms with Crippen molar-refractivity contribution in [3.05, 3.63) is 35.6 Å². The van der Waals surface area contributed by atoms with Crippen molar-refractivity contribution in [1.29, 1.82) is 0 Å². The first-order valence-corrected chi connectivity index (χ1v) is 4.76. The fraction of sp³-hybridized carbons (Fsp3) is 0.364. The van der Waals surface area contributed by atoms with E-state index in [1.165, 1.54) is 12.1 Å². The molecular weight excluding hydrogens is 181 g/mol. The van der Waals surface area contributed by atoms with Gasteiger partial charge in [0.25, 0.3) is 0 Å². The standard InChI is InChI=1S/C11H12FNO/c12-9-3-1-2-8(6-9)11-7-10(14)4-5-13-11/h1-3,6,11,13H,4-5,7H2. The Balaban J connectivity index is 2.17. The van der Waals surface area contributed by atoms with E-state index in [1.54, 1.807) is 6.07 Å². The van der Waals surface area contributed by atoms with Crippen molar-refractivity contribution in [3.63, 3.8) is 0 Å². The molecule has 0 spiro atoms. The molecule has 0 aromatic heterocycles. The van der Waals surface area contributed by atoms with Crippen LogP contribution in [0.2, 0.25) is 0 Å². The number of hydrogen-bond acceptors (Lipinski definition) is 2. The van der Waals surface area contributed by atoms with E-state index in [0.717, 1.165) is 5.56 Å². The van der Waals surface area contributed by atoms with Crippen LogP contribution in [0.1, 0.15) is 24.4 Å². The maximum atomic E-state index is 12.9. The summed E-state index contributed by atoms with van der Waals surface area (Å²) in [6.07, 6.45) is 1.06. The van der Waals surface area contributed by atoms with Crippen molar-refractivity contribution in [2.24, 2.45) is 0 Å². The molecule has 74 valence electrons. The fourth-order valence-corrected chi connectivity index (χ4v) is 1.75. The molecule has 14 heavy (non-hydrogen) atoms. The van der Waals surface area contributed by atoms with E-state index in [4.69, 9.17) is 0 Å². The van der Waals surface area contributed by atoms with Crippen molar-refractivity contribution < 1.29 is 9.18 Å². The molecular formula is C11H12FNO. The molecule has 3 heteroatoms. The summed E-state index contributed by atoms with van der Waals surface area (Å²) < 4.78 is 12.9. The molecule has 0 radical (unpaired) electrons. The lowest BCUT2D eigenvalue weighted by Gasteiger charge is -2.22. The summed E-state index contributed by atoms with van der Waals surface area (Å²) in [6, 6.07) is 6.40. The van der Waals surface area contributed by atoms with Crippen LogP contribution in [0, 0.1) is 5.82 Å². The van der Waals surface area contributed by atoms with Gasteiger partial charge >= 0.3 is 0 Å². The van der Waals surface area contributed by atoms with Crippen LogP contribution < -0.4 is 5.32 Å². The van der Waals surface area contributed by atoms with E-state index in [1.807, 2.05) is 6.07 Å². The lowest BCUT2D eigenvalue weighted by molar-refractivity contribution is -0.120. The van der Waals surface area contributed by atoms with Crippen LogP contribution in [0.15, 0.2) is 24.3 Å². The highest BCUT2D eigenvalue weighted by molar-refractivity contribution is 5.80. The molecule has 1 fully saturated rings. The van der Waals surface area contributed by atoms with Gasteiger partial charge in [-0.15, -0.1) is 0 Å². The fourth-order valence-electron chi connectivity index (χ4n) is 1.75. The third-order valence-electron chi connectivity index (χ3n) is 2.48. The molecule has 1 heterocycles. The third-order valence-corrected chi connectivity index (χ3v) is 2.48. The van der Waals surface area contributed by atoms with Gasteiger partial charge in [0.2, 0.25) is 0 Å². The molecule has 1 saturated heterocycles. The number of ketones is 1. The Morgan fingerprint density at radius 2 is 2.29 bits per heavy atom. The van der Waals surface area contributed by atoms with E-state index < -0.39 is 0 Å². The Kier molecular flexibility index (Phi) is 2.59. The number of hydrogen-bond donors (Lipinski definition) is 1. The number of rotatable bonds is 1. The molecule has 0 aliphatic carbocycles. The van der Waals surface area contributed by atoms with Crippen LogP contribution >= 0.6 is 0 Å². The maximum Gasteiger partial charge on any atom is 0.136 e. The van der Waals surface area contributed by atoms with Gasteiger partial charge in [-0.05, 0) is 17.7 Å². The van der Waals surface area contributed by atoms with Crippen LogP contribution in [-0.2, 0) is 4.79 Å². The number of Topliss-reactive ketones (excluding diaryl/α,β-unsaturated/α-hetero) is 1. The van der Waals surface area contributed by atoms with E-state index in [9.17, 15) is 9.18 Å². The SMILES string of the molecule is O=C1CCNC(c2cccc(F)c2)C1. The van der Waals surface area contributed by atoms with Crippen molar-refractivity contribution in [3.8, 4) is 0 Å². The quantitative estimate of drug-likeness (QED) is 0.737. The van der Waals surface area contributed by atoms with Crippen molar-refractivity contribution in [1.82, 2.24) is 5.32 Å². The third kappa shape index (κ3) is 1.99. The molecule has 0 saturated carbocycles. The lowest BCUT2D eigenvalue weighted by Crippen LogP contribution is -2.31. The number of carbonyl (C=O) groups is 1. The first-order chi connectivity index (χ1) is 6.75. The molecule has 1 aromatic rings. The zero-order valence-corrected chi connectivity index (χ0v) is 7.79. The molecule has 1 N–H and O–H groups in total. The summed E-state index contributed by atoms with van der Waals surface area (Å²) in [7, 11) is 0. The van der Waals surface area contributed by atoms with Crippen molar-refractivity contribution >= 4 is 5.78 Å². The van der Waals surface area contributed by atoms with Crippen LogP contribution in [0.5, 0.6) is 0 Å². The minimum atomic E-state index is -0.248. The smallest absolute Gasteiger partial charge is 0.136 e. The summed E-state index contributed by atoms with van der Waals surface area (Å²) in [5, 5.41) is 3.21. The van der Waals surface area contributed by atoms with Crippen LogP contribution in [0.3, 0.4) is 0 Å². The van der Waals surface area contributed by atoms with Gasteiger partial charge in [-0.1, -0.05) is 12.1 Å². The number of benzene rings is 1. The molecule has 1 aliphatic heterocycles. The van der Waals surface area contributed by atoms with Crippen LogP contribution in [0.25, 0.3) is 0 Å². The Morgan fingerprint density at radius 1 is 1.43 bits per heavy atom. The van der Waals surface area contributed by atoms with Gasteiger partial charge in [0.1, 0.15) is 11.6 Å². The minimum absolute atomic E-state index is 0.00745. The largest absolute Gasteiger partial charge is 0.309 e. The highest BCUT2D eigenvalue weighted by Gasteiger charge is 2.20. The van der Waals surface area contributed by atoms with Gasteiger partial charge in [0.15, 0.2) is 0 Å². The van der Waals surface area contributed by atoms with E-state index >= 15 is 0 Å². The second-order valence-electron chi connectivity index (χ2n) is 3.55. The van der Waals surface area contributed by atoms with Crippen molar-refractivity contribution in [2.45, 2.75) is 18.9 Å². The molecule has 1 aromatic carbocycles. The van der Waals surface area contributed by atoms with Gasteiger partial charge in [0, 0.05) is 25.4 Å². The normalized spacial score (nSPS) is 22.4. The molecule has 0 bridgehead atoms. The molecule has 1 unspecified atom stereocenters. The summed E-state index contributed by atoms with van der Waals surface area (Å²) in [5.41, 5.74) is 0.859. The van der Waals surface area contributed by atoms with Crippen LogP contribution in [-0.4, -0.2) is 12.3 Å². The van der Waals surface area contributed by atoms with E-state index in [2.05, 4.69) is 5.32 Å². The Bertz CT molecular complexity index is 351.